The van der Waals surface area contributed by atoms with Gasteiger partial charge in [0.05, 0.1) is 0 Å². The summed E-state index contributed by atoms with van der Waals surface area (Å²) in [7, 11) is 0. The molecule has 0 amide bonds. The van der Waals surface area contributed by atoms with Crippen LogP contribution in [-0.4, -0.2) is 30.1 Å². The lowest BCUT2D eigenvalue weighted by Gasteiger charge is -2.27. The molecule has 1 aliphatic rings. The number of nitrogens with zero attached hydrogens (tertiary/aromatic N) is 1. The van der Waals surface area contributed by atoms with Crippen molar-refractivity contribution in [1.29, 1.82) is 0 Å². The molecule has 1 saturated carbocycles. The van der Waals surface area contributed by atoms with Gasteiger partial charge in [0.2, 0.25) is 0 Å². The second-order valence-electron chi connectivity index (χ2n) is 4.47. The molecular weight excluding hydrogens is 148 g/mol. The van der Waals surface area contributed by atoms with Crippen LogP contribution >= 0.6 is 0 Å². The fraction of sp³-hybridized carbons (Fsp3) is 1.00. The highest BCUT2D eigenvalue weighted by atomic mass is 15.2. The summed E-state index contributed by atoms with van der Waals surface area (Å²) in [4.78, 5) is 2.50. The van der Waals surface area contributed by atoms with E-state index in [1.165, 1.54) is 19.4 Å². The lowest BCUT2D eigenvalue weighted by atomic mass is 10.2. The zero-order valence-corrected chi connectivity index (χ0v) is 8.59. The Balaban J connectivity index is 2.26. The first-order valence-electron chi connectivity index (χ1n) is 5.09. The summed E-state index contributed by atoms with van der Waals surface area (Å²) in [5.74, 6) is 0.978. The van der Waals surface area contributed by atoms with Crippen LogP contribution in [-0.2, 0) is 0 Å². The molecule has 72 valence electrons. The maximum atomic E-state index is 5.79. The molecule has 0 heterocycles. The van der Waals surface area contributed by atoms with Gasteiger partial charge in [-0.25, -0.2) is 0 Å². The fourth-order valence-electron chi connectivity index (χ4n) is 1.50. The second-order valence-corrected chi connectivity index (χ2v) is 4.47. The second kappa shape index (κ2) is 4.24. The van der Waals surface area contributed by atoms with Gasteiger partial charge in [-0.05, 0) is 39.5 Å². The molecule has 1 rings (SSSR count). The largest absolute Gasteiger partial charge is 0.327 e. The maximum Gasteiger partial charge on any atom is 0.0139 e. The van der Waals surface area contributed by atoms with E-state index < -0.39 is 0 Å². The van der Waals surface area contributed by atoms with E-state index in [0.29, 0.717) is 12.1 Å². The molecule has 2 heteroatoms. The Bertz CT molecular complexity index is 124. The van der Waals surface area contributed by atoms with Crippen LogP contribution in [0.5, 0.6) is 0 Å². The number of hydrogen-bond donors (Lipinski definition) is 1. The van der Waals surface area contributed by atoms with E-state index >= 15 is 0 Å². The van der Waals surface area contributed by atoms with Crippen molar-refractivity contribution in [2.45, 2.75) is 45.7 Å². The van der Waals surface area contributed by atoms with Crippen LogP contribution in [0.4, 0.5) is 0 Å². The summed E-state index contributed by atoms with van der Waals surface area (Å²) in [6, 6.07) is 0.961. The molecule has 2 nitrogen and oxygen atoms in total. The molecule has 1 unspecified atom stereocenters. The van der Waals surface area contributed by atoms with Crippen LogP contribution in [0.15, 0.2) is 0 Å². The van der Waals surface area contributed by atoms with Gasteiger partial charge in [-0.1, -0.05) is 0 Å². The van der Waals surface area contributed by atoms with Gasteiger partial charge in [0.1, 0.15) is 0 Å². The minimum Gasteiger partial charge on any atom is -0.327 e. The molecule has 0 bridgehead atoms. The topological polar surface area (TPSA) is 29.3 Å². The van der Waals surface area contributed by atoms with Crippen molar-refractivity contribution in [2.75, 3.05) is 13.1 Å². The van der Waals surface area contributed by atoms with E-state index in [0.717, 1.165) is 12.5 Å². The minimum absolute atomic E-state index is 0.311. The predicted octanol–water partition coefficient (Wildman–Crippen LogP) is 1.45. The molecule has 0 spiro atoms. The van der Waals surface area contributed by atoms with Gasteiger partial charge in [0, 0.05) is 25.2 Å². The number of nitrogens with two attached hydrogens (primary N) is 1. The lowest BCUT2D eigenvalue weighted by Crippen LogP contribution is -2.40. The predicted molar refractivity (Wildman–Crippen MR) is 53.1 cm³/mol. The molecule has 0 aromatic heterocycles. The molecule has 12 heavy (non-hydrogen) atoms. The van der Waals surface area contributed by atoms with Crippen LogP contribution in [0.25, 0.3) is 0 Å². The molecule has 1 aliphatic carbocycles. The summed E-state index contributed by atoms with van der Waals surface area (Å²) in [6.07, 6.45) is 2.87. The average molecular weight is 170 g/mol. The highest BCUT2D eigenvalue weighted by Crippen LogP contribution is 2.30. The highest BCUT2D eigenvalue weighted by Gasteiger charge is 2.25. The highest BCUT2D eigenvalue weighted by molar-refractivity contribution is 4.79. The van der Waals surface area contributed by atoms with Gasteiger partial charge in [0.15, 0.2) is 0 Å². The molecule has 0 radical (unpaired) electrons. The molecule has 0 aromatic carbocycles. The molecule has 0 aliphatic heterocycles. The summed E-state index contributed by atoms with van der Waals surface area (Å²) in [5, 5.41) is 0. The number of rotatable bonds is 5. The van der Waals surface area contributed by atoms with E-state index in [4.69, 9.17) is 5.73 Å². The van der Waals surface area contributed by atoms with Crippen LogP contribution in [0.3, 0.4) is 0 Å². The van der Waals surface area contributed by atoms with Crippen molar-refractivity contribution >= 4 is 0 Å². The third-order valence-electron chi connectivity index (χ3n) is 2.44. The van der Waals surface area contributed by atoms with Gasteiger partial charge < -0.3 is 5.73 Å². The Labute approximate surface area is 76.1 Å². The Kier molecular flexibility index (Phi) is 3.53. The van der Waals surface area contributed by atoms with Gasteiger partial charge >= 0.3 is 0 Å². The smallest absolute Gasteiger partial charge is 0.0139 e. The third-order valence-corrected chi connectivity index (χ3v) is 2.44. The van der Waals surface area contributed by atoms with E-state index in [1.54, 1.807) is 0 Å². The fourth-order valence-corrected chi connectivity index (χ4v) is 1.50. The quantitative estimate of drug-likeness (QED) is 0.676. The van der Waals surface area contributed by atoms with E-state index in [-0.39, 0.29) is 0 Å². The standard InChI is InChI=1S/C10H22N2/c1-8(2)12(6-9(3)11)7-10-4-5-10/h8-10H,4-7,11H2,1-3H3. The molecule has 1 atom stereocenters. The van der Waals surface area contributed by atoms with Crippen molar-refractivity contribution in [3.8, 4) is 0 Å². The SMILES string of the molecule is CC(N)CN(CC1CC1)C(C)C. The van der Waals surface area contributed by atoms with E-state index in [2.05, 4.69) is 25.7 Å². The summed E-state index contributed by atoms with van der Waals surface area (Å²) in [6.45, 7) is 8.91. The zero-order valence-electron chi connectivity index (χ0n) is 8.59. The number of hydrogen-bond acceptors (Lipinski definition) is 2. The molecular formula is C10H22N2. The molecule has 0 saturated heterocycles. The van der Waals surface area contributed by atoms with Gasteiger partial charge in [-0.2, -0.15) is 0 Å². The van der Waals surface area contributed by atoms with Crippen LogP contribution in [0.2, 0.25) is 0 Å². The zero-order chi connectivity index (χ0) is 9.14. The maximum absolute atomic E-state index is 5.79. The summed E-state index contributed by atoms with van der Waals surface area (Å²) < 4.78 is 0. The van der Waals surface area contributed by atoms with Gasteiger partial charge in [-0.3, -0.25) is 4.90 Å². The van der Waals surface area contributed by atoms with Crippen molar-refractivity contribution in [2.24, 2.45) is 11.7 Å². The van der Waals surface area contributed by atoms with Crippen LogP contribution in [0, 0.1) is 5.92 Å². The van der Waals surface area contributed by atoms with Gasteiger partial charge in [-0.15, -0.1) is 0 Å². The first kappa shape index (κ1) is 10.0. The Hall–Kier alpha value is -0.0800. The monoisotopic (exact) mass is 170 g/mol. The molecule has 1 fully saturated rings. The normalized spacial score (nSPS) is 20.5. The Morgan fingerprint density at radius 1 is 1.33 bits per heavy atom. The third kappa shape index (κ3) is 3.55. The molecule has 2 N–H and O–H groups in total. The lowest BCUT2D eigenvalue weighted by molar-refractivity contribution is 0.203. The average Bonchev–Trinajstić information content (AvgIpc) is 2.68. The summed E-state index contributed by atoms with van der Waals surface area (Å²) >= 11 is 0. The first-order valence-corrected chi connectivity index (χ1v) is 5.09. The minimum atomic E-state index is 0.311. The first-order chi connectivity index (χ1) is 5.59. The van der Waals surface area contributed by atoms with Crippen LogP contribution < -0.4 is 5.73 Å². The Morgan fingerprint density at radius 2 is 1.92 bits per heavy atom. The van der Waals surface area contributed by atoms with Crippen molar-refractivity contribution in [3.05, 3.63) is 0 Å². The van der Waals surface area contributed by atoms with Gasteiger partial charge in [0.25, 0.3) is 0 Å². The van der Waals surface area contributed by atoms with Crippen LogP contribution in [0.1, 0.15) is 33.6 Å². The van der Waals surface area contributed by atoms with Crippen molar-refractivity contribution < 1.29 is 0 Å². The summed E-state index contributed by atoms with van der Waals surface area (Å²) in [5.41, 5.74) is 5.79. The molecule has 0 aromatic rings. The van der Waals surface area contributed by atoms with Crippen molar-refractivity contribution in [3.63, 3.8) is 0 Å². The Morgan fingerprint density at radius 3 is 2.25 bits per heavy atom. The van der Waals surface area contributed by atoms with E-state index in [1.807, 2.05) is 0 Å². The van der Waals surface area contributed by atoms with E-state index in [9.17, 15) is 0 Å². The van der Waals surface area contributed by atoms with Crippen molar-refractivity contribution in [1.82, 2.24) is 4.90 Å².